The Kier molecular flexibility index (Phi) is 6.07. The van der Waals surface area contributed by atoms with E-state index in [-0.39, 0.29) is 17.9 Å². The van der Waals surface area contributed by atoms with Gasteiger partial charge >= 0.3 is 0 Å². The molecule has 0 spiro atoms. The van der Waals surface area contributed by atoms with E-state index in [0.717, 1.165) is 38.9 Å². The molecule has 4 heteroatoms. The van der Waals surface area contributed by atoms with Crippen LogP contribution in [0.25, 0.3) is 0 Å². The maximum atomic E-state index is 11.7. The summed E-state index contributed by atoms with van der Waals surface area (Å²) in [6, 6.07) is 18.3. The molecule has 26 heavy (non-hydrogen) atoms. The van der Waals surface area contributed by atoms with Crippen LogP contribution >= 0.6 is 0 Å². The highest BCUT2D eigenvalue weighted by molar-refractivity contribution is 5.93. The van der Waals surface area contributed by atoms with E-state index in [9.17, 15) is 9.90 Å². The van der Waals surface area contributed by atoms with E-state index >= 15 is 0 Å². The van der Waals surface area contributed by atoms with Gasteiger partial charge in [0, 0.05) is 31.1 Å². The molecule has 3 rings (SSSR count). The first-order valence-electron chi connectivity index (χ1n) is 9.32. The smallest absolute Gasteiger partial charge is 0.251 e. The fraction of sp³-hybridized carbons (Fsp3) is 0.409. The lowest BCUT2D eigenvalue weighted by Gasteiger charge is -2.42. The monoisotopic (exact) mass is 352 g/mol. The van der Waals surface area contributed by atoms with Crippen molar-refractivity contribution in [1.29, 1.82) is 0 Å². The molecular formula is C22H28N2O2. The largest absolute Gasteiger partial charge is 0.396 e. The highest BCUT2D eigenvalue weighted by Crippen LogP contribution is 2.34. The van der Waals surface area contributed by atoms with Crippen LogP contribution in [0.15, 0.2) is 54.6 Å². The van der Waals surface area contributed by atoms with E-state index in [4.69, 9.17) is 0 Å². The quantitative estimate of drug-likeness (QED) is 0.840. The average Bonchev–Trinajstić information content (AvgIpc) is 2.69. The average molecular weight is 352 g/mol. The summed E-state index contributed by atoms with van der Waals surface area (Å²) >= 11 is 0. The SMILES string of the molecule is CNC(=O)c1ccc(CN2CCCC(CO)(Cc3ccccc3)C2)cc1. The van der Waals surface area contributed by atoms with Crippen molar-refractivity contribution in [3.63, 3.8) is 0 Å². The summed E-state index contributed by atoms with van der Waals surface area (Å²) in [5.41, 5.74) is 3.11. The second-order valence-corrected chi connectivity index (χ2v) is 7.41. The summed E-state index contributed by atoms with van der Waals surface area (Å²) in [5, 5.41) is 12.8. The van der Waals surface area contributed by atoms with Crippen LogP contribution in [-0.4, -0.2) is 42.7 Å². The van der Waals surface area contributed by atoms with Crippen molar-refractivity contribution >= 4 is 5.91 Å². The number of carbonyl (C=O) groups is 1. The molecule has 0 bridgehead atoms. The molecule has 2 N–H and O–H groups in total. The van der Waals surface area contributed by atoms with E-state index < -0.39 is 0 Å². The van der Waals surface area contributed by atoms with E-state index in [2.05, 4.69) is 34.5 Å². The Labute approximate surface area is 155 Å². The maximum Gasteiger partial charge on any atom is 0.251 e. The Morgan fingerprint density at radius 3 is 2.50 bits per heavy atom. The summed E-state index contributed by atoms with van der Waals surface area (Å²) < 4.78 is 0. The number of nitrogens with one attached hydrogen (secondary N) is 1. The minimum atomic E-state index is -0.0678. The Morgan fingerprint density at radius 1 is 1.12 bits per heavy atom. The van der Waals surface area contributed by atoms with Crippen molar-refractivity contribution < 1.29 is 9.90 Å². The third-order valence-corrected chi connectivity index (χ3v) is 5.35. The highest BCUT2D eigenvalue weighted by atomic mass is 16.3. The van der Waals surface area contributed by atoms with Crippen LogP contribution in [0.3, 0.4) is 0 Å². The lowest BCUT2D eigenvalue weighted by atomic mass is 9.75. The zero-order valence-electron chi connectivity index (χ0n) is 15.4. The lowest BCUT2D eigenvalue weighted by molar-refractivity contribution is 0.0288. The zero-order valence-corrected chi connectivity index (χ0v) is 15.4. The fourth-order valence-corrected chi connectivity index (χ4v) is 3.97. The van der Waals surface area contributed by atoms with Crippen molar-refractivity contribution in [2.45, 2.75) is 25.8 Å². The molecule has 0 aliphatic carbocycles. The number of aliphatic hydroxyl groups excluding tert-OH is 1. The maximum absolute atomic E-state index is 11.7. The molecule has 1 unspecified atom stereocenters. The predicted octanol–water partition coefficient (Wildman–Crippen LogP) is 2.86. The molecule has 0 radical (unpaired) electrons. The topological polar surface area (TPSA) is 52.6 Å². The number of hydrogen-bond acceptors (Lipinski definition) is 3. The summed E-state index contributed by atoms with van der Waals surface area (Å²) in [6.45, 7) is 3.02. The molecule has 1 aliphatic rings. The van der Waals surface area contributed by atoms with E-state index in [1.54, 1.807) is 7.05 Å². The van der Waals surface area contributed by atoms with Gasteiger partial charge in [0.1, 0.15) is 0 Å². The van der Waals surface area contributed by atoms with E-state index in [1.807, 2.05) is 30.3 Å². The number of carbonyl (C=O) groups excluding carboxylic acids is 1. The van der Waals surface area contributed by atoms with Crippen molar-refractivity contribution in [3.05, 3.63) is 71.3 Å². The van der Waals surface area contributed by atoms with Crippen LogP contribution in [0.4, 0.5) is 0 Å². The summed E-state index contributed by atoms with van der Waals surface area (Å²) in [5.74, 6) is -0.0586. The Hall–Kier alpha value is -2.17. The Balaban J connectivity index is 1.66. The molecule has 1 amide bonds. The van der Waals surface area contributed by atoms with Gasteiger partial charge in [0.2, 0.25) is 0 Å². The first kappa shape index (κ1) is 18.6. The fourth-order valence-electron chi connectivity index (χ4n) is 3.97. The van der Waals surface area contributed by atoms with Gasteiger partial charge in [-0.2, -0.15) is 0 Å². The molecule has 2 aromatic rings. The van der Waals surface area contributed by atoms with Crippen molar-refractivity contribution in [2.75, 3.05) is 26.7 Å². The van der Waals surface area contributed by atoms with Crippen molar-refractivity contribution in [3.8, 4) is 0 Å². The van der Waals surface area contributed by atoms with Gasteiger partial charge in [0.15, 0.2) is 0 Å². The first-order chi connectivity index (χ1) is 12.6. The number of rotatable bonds is 6. The lowest BCUT2D eigenvalue weighted by Crippen LogP contribution is -2.46. The molecule has 2 aromatic carbocycles. The zero-order chi connectivity index (χ0) is 18.4. The standard InChI is InChI=1S/C22H28N2O2/c1-23-21(26)20-10-8-19(9-11-20)15-24-13-5-12-22(16-24,17-25)14-18-6-3-2-4-7-18/h2-4,6-11,25H,5,12-17H2,1H3,(H,23,26). The number of amides is 1. The van der Waals surface area contributed by atoms with Crippen molar-refractivity contribution in [1.82, 2.24) is 10.2 Å². The minimum absolute atomic E-state index is 0.0586. The highest BCUT2D eigenvalue weighted by Gasteiger charge is 2.35. The molecule has 0 saturated carbocycles. The molecule has 1 fully saturated rings. The number of nitrogens with zero attached hydrogens (tertiary/aromatic N) is 1. The van der Waals surface area contributed by atoms with Crippen LogP contribution in [0.2, 0.25) is 0 Å². The van der Waals surface area contributed by atoms with E-state index in [0.29, 0.717) is 5.56 Å². The third kappa shape index (κ3) is 4.51. The number of likely N-dealkylation sites (tertiary alicyclic amines) is 1. The van der Waals surface area contributed by atoms with Gasteiger partial charge in [-0.05, 0) is 49.1 Å². The molecule has 4 nitrogen and oxygen atoms in total. The normalized spacial score (nSPS) is 20.7. The second-order valence-electron chi connectivity index (χ2n) is 7.41. The van der Waals surface area contributed by atoms with Crippen LogP contribution < -0.4 is 5.32 Å². The molecule has 1 aliphatic heterocycles. The predicted molar refractivity (Wildman–Crippen MR) is 104 cm³/mol. The molecule has 1 atom stereocenters. The van der Waals surface area contributed by atoms with Gasteiger partial charge in [-0.15, -0.1) is 0 Å². The van der Waals surface area contributed by atoms with Gasteiger partial charge in [0.05, 0.1) is 6.61 Å². The Bertz CT molecular complexity index is 715. The van der Waals surface area contributed by atoms with Crippen LogP contribution in [0.5, 0.6) is 0 Å². The number of hydrogen-bond donors (Lipinski definition) is 2. The molecule has 0 aromatic heterocycles. The number of benzene rings is 2. The molecular weight excluding hydrogens is 324 g/mol. The Morgan fingerprint density at radius 2 is 1.85 bits per heavy atom. The summed E-state index contributed by atoms with van der Waals surface area (Å²) in [6.07, 6.45) is 3.07. The van der Waals surface area contributed by atoms with Crippen LogP contribution in [0, 0.1) is 5.41 Å². The van der Waals surface area contributed by atoms with E-state index in [1.165, 1.54) is 11.1 Å². The molecule has 138 valence electrons. The molecule has 1 saturated heterocycles. The minimum Gasteiger partial charge on any atom is -0.396 e. The van der Waals surface area contributed by atoms with Gasteiger partial charge in [-0.1, -0.05) is 42.5 Å². The van der Waals surface area contributed by atoms with Gasteiger partial charge < -0.3 is 10.4 Å². The van der Waals surface area contributed by atoms with Crippen LogP contribution in [-0.2, 0) is 13.0 Å². The summed E-state index contributed by atoms with van der Waals surface area (Å²) in [7, 11) is 1.64. The van der Waals surface area contributed by atoms with Crippen LogP contribution in [0.1, 0.15) is 34.3 Å². The van der Waals surface area contributed by atoms with Crippen molar-refractivity contribution in [2.24, 2.45) is 5.41 Å². The van der Waals surface area contributed by atoms with Gasteiger partial charge in [0.25, 0.3) is 5.91 Å². The summed E-state index contributed by atoms with van der Waals surface area (Å²) in [4.78, 5) is 14.1. The first-order valence-corrected chi connectivity index (χ1v) is 9.32. The number of piperidine rings is 1. The second kappa shape index (κ2) is 8.47. The molecule has 1 heterocycles. The third-order valence-electron chi connectivity index (χ3n) is 5.35. The van der Waals surface area contributed by atoms with Gasteiger partial charge in [-0.3, -0.25) is 9.69 Å². The van der Waals surface area contributed by atoms with Gasteiger partial charge in [-0.25, -0.2) is 0 Å². The number of aliphatic hydroxyl groups is 1.